The van der Waals surface area contributed by atoms with E-state index in [-0.39, 0.29) is 5.91 Å². The monoisotopic (exact) mass is 196 g/mol. The van der Waals surface area contributed by atoms with Crippen LogP contribution in [0.1, 0.15) is 12.1 Å². The highest BCUT2D eigenvalue weighted by Crippen LogP contribution is 2.03. The van der Waals surface area contributed by atoms with Crippen LogP contribution >= 0.6 is 0 Å². The molecule has 0 atom stereocenters. The molecule has 0 radical (unpaired) electrons. The smallest absolute Gasteiger partial charge is 0.226 e. The Morgan fingerprint density at radius 3 is 2.86 bits per heavy atom. The van der Waals surface area contributed by atoms with Crippen molar-refractivity contribution in [3.63, 3.8) is 0 Å². The van der Waals surface area contributed by atoms with E-state index in [9.17, 15) is 4.79 Å². The van der Waals surface area contributed by atoms with Gasteiger partial charge >= 0.3 is 0 Å². The predicted octanol–water partition coefficient (Wildman–Crippen LogP) is 0.608. The number of carbonyl (C=O) groups excluding carboxylic acids is 1. The molecule has 1 aromatic heterocycles. The molecule has 0 aliphatic carbocycles. The lowest BCUT2D eigenvalue weighted by molar-refractivity contribution is -0.116. The topological polar surface area (TPSA) is 61.0 Å². The molecule has 14 heavy (non-hydrogen) atoms. The Kier molecular flexibility index (Phi) is 3.64. The molecule has 2 N–H and O–H groups in total. The number of hydrogen-bond acceptors (Lipinski definition) is 3. The molecule has 1 amide bonds. The number of aromatic amines is 1. The van der Waals surface area contributed by atoms with Crippen LogP contribution in [0.25, 0.3) is 0 Å². The summed E-state index contributed by atoms with van der Waals surface area (Å²) in [5.41, 5.74) is 0.938. The highest BCUT2D eigenvalue weighted by atomic mass is 16.1. The van der Waals surface area contributed by atoms with Crippen LogP contribution in [0.15, 0.2) is 6.07 Å². The van der Waals surface area contributed by atoms with E-state index < -0.39 is 0 Å². The zero-order valence-corrected chi connectivity index (χ0v) is 8.79. The van der Waals surface area contributed by atoms with Gasteiger partial charge in [-0.05, 0) is 21.0 Å². The van der Waals surface area contributed by atoms with E-state index in [1.165, 1.54) is 0 Å². The number of anilines is 1. The summed E-state index contributed by atoms with van der Waals surface area (Å²) in [6.45, 7) is 2.64. The normalized spacial score (nSPS) is 10.6. The van der Waals surface area contributed by atoms with Crippen LogP contribution in [-0.2, 0) is 4.79 Å². The van der Waals surface area contributed by atoms with Gasteiger partial charge in [0.1, 0.15) is 0 Å². The summed E-state index contributed by atoms with van der Waals surface area (Å²) in [5, 5.41) is 9.39. The second-order valence-electron chi connectivity index (χ2n) is 3.54. The molecule has 0 aliphatic heterocycles. The molecular formula is C9H16N4O. The van der Waals surface area contributed by atoms with Crippen molar-refractivity contribution in [2.24, 2.45) is 0 Å². The van der Waals surface area contributed by atoms with E-state index in [1.807, 2.05) is 25.9 Å². The van der Waals surface area contributed by atoms with Crippen LogP contribution in [0, 0.1) is 6.92 Å². The van der Waals surface area contributed by atoms with Gasteiger partial charge in [-0.15, -0.1) is 0 Å². The number of rotatable bonds is 4. The lowest BCUT2D eigenvalue weighted by Crippen LogP contribution is -2.20. The molecule has 5 heteroatoms. The number of nitrogens with one attached hydrogen (secondary N) is 2. The fourth-order valence-corrected chi connectivity index (χ4v) is 1.01. The first-order valence-corrected chi connectivity index (χ1v) is 4.54. The third-order valence-corrected chi connectivity index (χ3v) is 1.76. The van der Waals surface area contributed by atoms with Crippen LogP contribution < -0.4 is 5.32 Å². The Balaban J connectivity index is 2.34. The molecule has 5 nitrogen and oxygen atoms in total. The summed E-state index contributed by atoms with van der Waals surface area (Å²) < 4.78 is 0. The molecular weight excluding hydrogens is 180 g/mol. The first-order valence-electron chi connectivity index (χ1n) is 4.54. The van der Waals surface area contributed by atoms with Gasteiger partial charge in [0.25, 0.3) is 0 Å². The van der Waals surface area contributed by atoms with Crippen molar-refractivity contribution in [2.45, 2.75) is 13.3 Å². The van der Waals surface area contributed by atoms with Gasteiger partial charge in [-0.25, -0.2) is 0 Å². The van der Waals surface area contributed by atoms with Crippen molar-refractivity contribution in [3.8, 4) is 0 Å². The maximum Gasteiger partial charge on any atom is 0.226 e. The average Bonchev–Trinajstić information content (AvgIpc) is 2.48. The number of hydrogen-bond donors (Lipinski definition) is 2. The molecule has 0 fully saturated rings. The Bertz CT molecular complexity index is 306. The molecule has 78 valence electrons. The molecule has 0 saturated heterocycles. The maximum absolute atomic E-state index is 11.3. The second-order valence-corrected chi connectivity index (χ2v) is 3.54. The number of aryl methyl sites for hydroxylation is 1. The molecule has 1 heterocycles. The third kappa shape index (κ3) is 3.57. The van der Waals surface area contributed by atoms with Crippen LogP contribution in [-0.4, -0.2) is 41.6 Å². The zero-order chi connectivity index (χ0) is 10.6. The zero-order valence-electron chi connectivity index (χ0n) is 8.79. The molecule has 0 aromatic carbocycles. The van der Waals surface area contributed by atoms with Crippen molar-refractivity contribution < 1.29 is 4.79 Å². The Morgan fingerprint density at radius 1 is 1.64 bits per heavy atom. The average molecular weight is 196 g/mol. The Labute approximate surface area is 83.5 Å². The van der Waals surface area contributed by atoms with Crippen molar-refractivity contribution in [1.29, 1.82) is 0 Å². The van der Waals surface area contributed by atoms with Crippen LogP contribution in [0.3, 0.4) is 0 Å². The fraction of sp³-hybridized carbons (Fsp3) is 0.556. The Hall–Kier alpha value is -1.36. The number of H-pyrrole nitrogens is 1. The number of nitrogens with zero attached hydrogens (tertiary/aromatic N) is 2. The van der Waals surface area contributed by atoms with E-state index in [1.54, 1.807) is 6.07 Å². The van der Waals surface area contributed by atoms with Crippen LogP contribution in [0.2, 0.25) is 0 Å². The summed E-state index contributed by atoms with van der Waals surface area (Å²) in [7, 11) is 3.87. The minimum absolute atomic E-state index is 0.00907. The first-order chi connectivity index (χ1) is 6.58. The summed E-state index contributed by atoms with van der Waals surface area (Å²) in [6.07, 6.45) is 0.485. The SMILES string of the molecule is Cc1cc(NC(=O)CCN(C)C)n[nH]1. The summed E-state index contributed by atoms with van der Waals surface area (Å²) >= 11 is 0. The van der Waals surface area contributed by atoms with Crippen LogP contribution in [0.5, 0.6) is 0 Å². The van der Waals surface area contributed by atoms with Crippen molar-refractivity contribution >= 4 is 11.7 Å². The van der Waals surface area contributed by atoms with Gasteiger partial charge in [0.15, 0.2) is 5.82 Å². The van der Waals surface area contributed by atoms with E-state index in [4.69, 9.17) is 0 Å². The number of amides is 1. The molecule has 0 saturated carbocycles. The predicted molar refractivity (Wildman–Crippen MR) is 55.1 cm³/mol. The fourth-order valence-electron chi connectivity index (χ4n) is 1.01. The van der Waals surface area contributed by atoms with Crippen molar-refractivity contribution in [2.75, 3.05) is 26.0 Å². The molecule has 0 aliphatic rings. The van der Waals surface area contributed by atoms with E-state index >= 15 is 0 Å². The van der Waals surface area contributed by atoms with Crippen LogP contribution in [0.4, 0.5) is 5.82 Å². The van der Waals surface area contributed by atoms with E-state index in [2.05, 4.69) is 15.5 Å². The van der Waals surface area contributed by atoms with Crippen molar-refractivity contribution in [1.82, 2.24) is 15.1 Å². The van der Waals surface area contributed by atoms with E-state index in [0.717, 1.165) is 12.2 Å². The van der Waals surface area contributed by atoms with Gasteiger partial charge in [-0.3, -0.25) is 9.89 Å². The number of carbonyl (C=O) groups is 1. The minimum Gasteiger partial charge on any atom is -0.309 e. The third-order valence-electron chi connectivity index (χ3n) is 1.76. The molecule has 0 unspecified atom stereocenters. The highest BCUT2D eigenvalue weighted by molar-refractivity contribution is 5.89. The van der Waals surface area contributed by atoms with E-state index in [0.29, 0.717) is 12.2 Å². The van der Waals surface area contributed by atoms with Gasteiger partial charge in [0, 0.05) is 24.7 Å². The van der Waals surface area contributed by atoms with Gasteiger partial charge in [0.2, 0.25) is 5.91 Å². The van der Waals surface area contributed by atoms with Gasteiger partial charge in [-0.1, -0.05) is 0 Å². The Morgan fingerprint density at radius 2 is 2.36 bits per heavy atom. The molecule has 0 spiro atoms. The summed E-state index contributed by atoms with van der Waals surface area (Å²) in [6, 6.07) is 1.80. The molecule has 0 bridgehead atoms. The largest absolute Gasteiger partial charge is 0.309 e. The first kappa shape index (κ1) is 10.7. The van der Waals surface area contributed by atoms with Gasteiger partial charge in [-0.2, -0.15) is 5.10 Å². The van der Waals surface area contributed by atoms with Gasteiger partial charge < -0.3 is 10.2 Å². The number of aromatic nitrogens is 2. The molecule has 1 rings (SSSR count). The summed E-state index contributed by atoms with van der Waals surface area (Å²) in [5.74, 6) is 0.580. The standard InChI is InChI=1S/C9H16N4O/c1-7-6-8(12-11-7)10-9(14)4-5-13(2)3/h6H,4-5H2,1-3H3,(H2,10,11,12,14). The highest BCUT2D eigenvalue weighted by Gasteiger charge is 2.04. The molecule has 1 aromatic rings. The lowest BCUT2D eigenvalue weighted by atomic mass is 10.4. The quantitative estimate of drug-likeness (QED) is 0.741. The summed E-state index contributed by atoms with van der Waals surface area (Å²) in [4.78, 5) is 13.3. The van der Waals surface area contributed by atoms with Crippen molar-refractivity contribution in [3.05, 3.63) is 11.8 Å². The second kappa shape index (κ2) is 4.76. The minimum atomic E-state index is -0.00907. The van der Waals surface area contributed by atoms with Gasteiger partial charge in [0.05, 0.1) is 0 Å². The lowest BCUT2D eigenvalue weighted by Gasteiger charge is -2.08. The maximum atomic E-state index is 11.3.